The molecule has 1 aromatic rings. The Morgan fingerprint density at radius 2 is 2.15 bits per heavy atom. The van der Waals surface area contributed by atoms with E-state index in [9.17, 15) is 9.18 Å². The molecule has 0 unspecified atom stereocenters. The second-order valence-electron chi connectivity index (χ2n) is 2.21. The average Bonchev–Trinajstić information content (AvgIpc) is 2.07. The van der Waals surface area contributed by atoms with Gasteiger partial charge in [0.2, 0.25) is 0 Å². The van der Waals surface area contributed by atoms with Crippen LogP contribution in [0.5, 0.6) is 5.75 Å². The highest BCUT2D eigenvalue weighted by molar-refractivity contribution is 6.68. The van der Waals surface area contributed by atoms with Gasteiger partial charge >= 0.3 is 0 Å². The maximum absolute atomic E-state index is 13.0. The van der Waals surface area contributed by atoms with Crippen LogP contribution < -0.4 is 4.74 Å². The minimum absolute atomic E-state index is 0.0401. The van der Waals surface area contributed by atoms with Crippen LogP contribution in [0, 0.1) is 5.82 Å². The van der Waals surface area contributed by atoms with Crippen LogP contribution in [0.25, 0.3) is 0 Å². The number of carbonyl (C=O) groups excluding carboxylic acids is 1. The third-order valence-corrected chi connectivity index (χ3v) is 1.95. The summed E-state index contributed by atoms with van der Waals surface area (Å²) in [6.07, 6.45) is 0. The number of halogens is 3. The molecule has 2 nitrogen and oxygen atoms in total. The summed E-state index contributed by atoms with van der Waals surface area (Å²) in [5, 5.41) is -0.787. The molecule has 0 aliphatic carbocycles. The standard InChI is InChI=1S/C8H5Cl2FO2/c1-13-7-4(9)2-3-5(11)6(7)8(10)12/h2-3H,1H3. The molecule has 0 aliphatic rings. The van der Waals surface area contributed by atoms with Crippen LogP contribution in [0.4, 0.5) is 4.39 Å². The molecule has 0 bridgehead atoms. The Balaban J connectivity index is 3.43. The zero-order valence-electron chi connectivity index (χ0n) is 6.61. The molecule has 0 aromatic heterocycles. The summed E-state index contributed by atoms with van der Waals surface area (Å²) in [5.74, 6) is -0.789. The van der Waals surface area contributed by atoms with Crippen LogP contribution >= 0.6 is 23.2 Å². The van der Waals surface area contributed by atoms with Crippen LogP contribution in [0.1, 0.15) is 10.4 Å². The van der Waals surface area contributed by atoms with E-state index in [1.807, 2.05) is 0 Å². The van der Waals surface area contributed by atoms with Crippen LogP contribution in [0.2, 0.25) is 5.02 Å². The van der Waals surface area contributed by atoms with E-state index in [-0.39, 0.29) is 16.3 Å². The first-order chi connectivity index (χ1) is 6.07. The van der Waals surface area contributed by atoms with E-state index in [1.54, 1.807) is 0 Å². The van der Waals surface area contributed by atoms with E-state index in [2.05, 4.69) is 0 Å². The number of hydrogen-bond acceptors (Lipinski definition) is 2. The molecule has 0 saturated heterocycles. The Bertz CT molecular complexity index is 352. The third-order valence-electron chi connectivity index (χ3n) is 1.46. The van der Waals surface area contributed by atoms with Crippen molar-refractivity contribution in [2.45, 2.75) is 0 Å². The Hall–Kier alpha value is -0.800. The first kappa shape index (κ1) is 10.3. The molecule has 0 amide bonds. The molecular weight excluding hydrogens is 218 g/mol. The summed E-state index contributed by atoms with van der Waals surface area (Å²) in [6, 6.07) is 2.35. The zero-order chi connectivity index (χ0) is 10.0. The highest BCUT2D eigenvalue weighted by Gasteiger charge is 2.18. The fourth-order valence-corrected chi connectivity index (χ4v) is 1.33. The Labute approximate surface area is 84.2 Å². The van der Waals surface area contributed by atoms with E-state index < -0.39 is 11.1 Å². The molecule has 0 spiro atoms. The molecule has 0 N–H and O–H groups in total. The summed E-state index contributed by atoms with van der Waals surface area (Å²) in [4.78, 5) is 10.8. The van der Waals surface area contributed by atoms with Gasteiger partial charge in [-0.15, -0.1) is 0 Å². The number of carbonyl (C=O) groups is 1. The predicted molar refractivity (Wildman–Crippen MR) is 48.1 cm³/mol. The van der Waals surface area contributed by atoms with Crippen molar-refractivity contribution in [3.05, 3.63) is 28.5 Å². The molecule has 70 valence electrons. The van der Waals surface area contributed by atoms with Crippen LogP contribution in [-0.2, 0) is 0 Å². The first-order valence-corrected chi connectivity index (χ1v) is 4.05. The normalized spacial score (nSPS) is 9.85. The maximum Gasteiger partial charge on any atom is 0.259 e. The molecule has 1 aromatic carbocycles. The van der Waals surface area contributed by atoms with Crippen LogP contribution in [0.15, 0.2) is 12.1 Å². The Morgan fingerprint density at radius 1 is 1.54 bits per heavy atom. The molecule has 1 rings (SSSR count). The van der Waals surface area contributed by atoms with Crippen molar-refractivity contribution in [1.29, 1.82) is 0 Å². The SMILES string of the molecule is COc1c(Cl)ccc(F)c1C(=O)Cl. The van der Waals surface area contributed by atoms with Crippen molar-refractivity contribution in [3.8, 4) is 5.75 Å². The van der Waals surface area contributed by atoms with E-state index in [0.717, 1.165) is 6.07 Å². The highest BCUT2D eigenvalue weighted by Crippen LogP contribution is 2.31. The largest absolute Gasteiger partial charge is 0.494 e. The van der Waals surface area contributed by atoms with E-state index >= 15 is 0 Å². The first-order valence-electron chi connectivity index (χ1n) is 3.29. The van der Waals surface area contributed by atoms with Gasteiger partial charge in [-0.25, -0.2) is 4.39 Å². The topological polar surface area (TPSA) is 26.3 Å². The molecule has 0 heterocycles. The van der Waals surface area contributed by atoms with Gasteiger partial charge in [-0.2, -0.15) is 0 Å². The fourth-order valence-electron chi connectivity index (χ4n) is 0.916. The van der Waals surface area contributed by atoms with Crippen molar-refractivity contribution >= 4 is 28.4 Å². The Kier molecular flexibility index (Phi) is 3.12. The summed E-state index contributed by atoms with van der Waals surface area (Å²) in [6.45, 7) is 0. The Morgan fingerprint density at radius 3 is 2.54 bits per heavy atom. The summed E-state index contributed by atoms with van der Waals surface area (Å²) in [5.41, 5.74) is -0.336. The van der Waals surface area contributed by atoms with Gasteiger partial charge in [0.25, 0.3) is 5.24 Å². The lowest BCUT2D eigenvalue weighted by Gasteiger charge is -2.06. The van der Waals surface area contributed by atoms with Crippen molar-refractivity contribution in [2.75, 3.05) is 7.11 Å². The van der Waals surface area contributed by atoms with Crippen molar-refractivity contribution in [3.63, 3.8) is 0 Å². The van der Waals surface area contributed by atoms with Gasteiger partial charge in [-0.3, -0.25) is 4.79 Å². The van der Waals surface area contributed by atoms with Gasteiger partial charge in [-0.05, 0) is 23.7 Å². The van der Waals surface area contributed by atoms with Gasteiger partial charge < -0.3 is 4.74 Å². The zero-order valence-corrected chi connectivity index (χ0v) is 8.12. The van der Waals surface area contributed by atoms with Crippen LogP contribution in [-0.4, -0.2) is 12.4 Å². The number of methoxy groups -OCH3 is 1. The van der Waals surface area contributed by atoms with E-state index in [1.165, 1.54) is 13.2 Å². The van der Waals surface area contributed by atoms with Gasteiger partial charge in [0.05, 0.1) is 12.1 Å². The number of ether oxygens (including phenoxy) is 1. The second-order valence-corrected chi connectivity index (χ2v) is 2.96. The summed E-state index contributed by atoms with van der Waals surface area (Å²) >= 11 is 10.8. The van der Waals surface area contributed by atoms with Gasteiger partial charge in [-0.1, -0.05) is 11.6 Å². The molecule has 5 heteroatoms. The highest BCUT2D eigenvalue weighted by atomic mass is 35.5. The smallest absolute Gasteiger partial charge is 0.259 e. The fraction of sp³-hybridized carbons (Fsp3) is 0.125. The molecule has 0 aliphatic heterocycles. The molecule has 0 radical (unpaired) electrons. The van der Waals surface area contributed by atoms with Gasteiger partial charge in [0, 0.05) is 0 Å². The number of benzene rings is 1. The third kappa shape index (κ3) is 1.92. The monoisotopic (exact) mass is 222 g/mol. The lowest BCUT2D eigenvalue weighted by atomic mass is 10.2. The quantitative estimate of drug-likeness (QED) is 0.720. The molecule has 0 saturated carbocycles. The van der Waals surface area contributed by atoms with E-state index in [4.69, 9.17) is 27.9 Å². The molecule has 0 fully saturated rings. The van der Waals surface area contributed by atoms with Crippen LogP contribution in [0.3, 0.4) is 0 Å². The van der Waals surface area contributed by atoms with E-state index in [0.29, 0.717) is 0 Å². The minimum Gasteiger partial charge on any atom is -0.494 e. The number of rotatable bonds is 2. The lowest BCUT2D eigenvalue weighted by Crippen LogP contribution is -1.99. The van der Waals surface area contributed by atoms with Gasteiger partial charge in [0.15, 0.2) is 5.75 Å². The molecular formula is C8H5Cl2FO2. The predicted octanol–water partition coefficient (Wildman–Crippen LogP) is 2.87. The molecule has 13 heavy (non-hydrogen) atoms. The van der Waals surface area contributed by atoms with Gasteiger partial charge in [0.1, 0.15) is 11.4 Å². The maximum atomic E-state index is 13.0. The second kappa shape index (κ2) is 3.94. The number of hydrogen-bond donors (Lipinski definition) is 0. The lowest BCUT2D eigenvalue weighted by molar-refractivity contribution is 0.107. The van der Waals surface area contributed by atoms with Crippen molar-refractivity contribution < 1.29 is 13.9 Å². The molecule has 0 atom stereocenters. The minimum atomic E-state index is -0.933. The summed E-state index contributed by atoms with van der Waals surface area (Å²) < 4.78 is 17.8. The average molecular weight is 223 g/mol. The van der Waals surface area contributed by atoms with Crippen molar-refractivity contribution in [1.82, 2.24) is 0 Å². The summed E-state index contributed by atoms with van der Waals surface area (Å²) in [7, 11) is 1.28. The van der Waals surface area contributed by atoms with Crippen molar-refractivity contribution in [2.24, 2.45) is 0 Å².